The van der Waals surface area contributed by atoms with Crippen molar-refractivity contribution in [3.63, 3.8) is 0 Å². The van der Waals surface area contributed by atoms with Gasteiger partial charge >= 0.3 is 12.1 Å². The van der Waals surface area contributed by atoms with Crippen LogP contribution >= 0.6 is 11.8 Å². The summed E-state index contributed by atoms with van der Waals surface area (Å²) in [7, 11) is -2.20. The number of carboxylic acids is 1. The highest BCUT2D eigenvalue weighted by Crippen LogP contribution is 2.59. The summed E-state index contributed by atoms with van der Waals surface area (Å²) in [6.45, 7) is 3.48. The maximum absolute atomic E-state index is 13.5. The summed E-state index contributed by atoms with van der Waals surface area (Å²) in [4.78, 5) is 17.3. The Labute approximate surface area is 222 Å². The molecular formula is C24H27F3N4O5S2. The molecule has 0 radical (unpaired) electrons. The topological polar surface area (TPSA) is 116 Å². The van der Waals surface area contributed by atoms with Gasteiger partial charge in [0.25, 0.3) is 0 Å². The second kappa shape index (κ2) is 9.66. The predicted molar refractivity (Wildman–Crippen MR) is 135 cm³/mol. The van der Waals surface area contributed by atoms with Crippen LogP contribution in [0.5, 0.6) is 0 Å². The van der Waals surface area contributed by atoms with Gasteiger partial charge in [0.05, 0.1) is 0 Å². The summed E-state index contributed by atoms with van der Waals surface area (Å²) in [5.74, 6) is -2.54. The molecule has 1 aromatic carbocycles. The van der Waals surface area contributed by atoms with E-state index in [1.807, 2.05) is 25.2 Å². The largest absolute Gasteiger partial charge is 0.480 e. The number of benzene rings is 1. The van der Waals surface area contributed by atoms with Crippen LogP contribution in [0.2, 0.25) is 0 Å². The quantitative estimate of drug-likeness (QED) is 0.493. The van der Waals surface area contributed by atoms with E-state index in [4.69, 9.17) is 0 Å². The first-order chi connectivity index (χ1) is 17.9. The molecule has 3 heterocycles. The van der Waals surface area contributed by atoms with Gasteiger partial charge in [0.15, 0.2) is 0 Å². The highest BCUT2D eigenvalue weighted by Gasteiger charge is 2.75. The van der Waals surface area contributed by atoms with Crippen molar-refractivity contribution in [3.8, 4) is 0 Å². The second-order valence-electron chi connectivity index (χ2n) is 9.99. The average Bonchev–Trinajstić information content (AvgIpc) is 3.24. The van der Waals surface area contributed by atoms with Crippen LogP contribution in [0.1, 0.15) is 29.9 Å². The Morgan fingerprint density at radius 1 is 1.24 bits per heavy atom. The van der Waals surface area contributed by atoms with Gasteiger partial charge in [-0.05, 0) is 25.5 Å². The number of thioether (sulfide) groups is 1. The minimum atomic E-state index is -4.72. The molecule has 0 amide bonds. The van der Waals surface area contributed by atoms with Crippen LogP contribution in [0, 0.1) is 0 Å². The number of alkyl halides is 3. The van der Waals surface area contributed by atoms with E-state index in [-0.39, 0.29) is 23.4 Å². The Morgan fingerprint density at radius 2 is 1.92 bits per heavy atom. The molecule has 2 fully saturated rings. The van der Waals surface area contributed by atoms with Crippen molar-refractivity contribution in [2.24, 2.45) is 0 Å². The van der Waals surface area contributed by atoms with E-state index < -0.39 is 43.5 Å². The number of allylic oxidation sites excluding steroid dienone is 1. The maximum Gasteiger partial charge on any atom is 0.452 e. The standard InChI is InChI=1S/C24H27F3N4O5S2/c1-30-9-11-31(12-10-30)15-22(16-5-3-2-4-6-16)14-23(22,21(32)33)29-38(34,35)20-8-7-18(37-20)17-13-19(36-28-17)24(25,26)27/h2-7,13,20,29H,8-12,14-15H2,1H3,(H,32,33). The number of hydrogen-bond donors (Lipinski definition) is 2. The summed E-state index contributed by atoms with van der Waals surface area (Å²) in [6.07, 6.45) is -3.18. The van der Waals surface area contributed by atoms with Gasteiger partial charge in [-0.1, -0.05) is 41.6 Å². The number of carbonyl (C=O) groups is 1. The molecule has 3 unspecified atom stereocenters. The van der Waals surface area contributed by atoms with E-state index in [9.17, 15) is 31.5 Å². The molecule has 0 bridgehead atoms. The molecular weight excluding hydrogens is 545 g/mol. The summed E-state index contributed by atoms with van der Waals surface area (Å²) in [5, 5.41) is 13.8. The highest BCUT2D eigenvalue weighted by molar-refractivity contribution is 8.18. The van der Waals surface area contributed by atoms with Crippen molar-refractivity contribution < 1.29 is 36.0 Å². The molecule has 9 nitrogen and oxygen atoms in total. The van der Waals surface area contributed by atoms with E-state index in [1.54, 1.807) is 12.1 Å². The first-order valence-electron chi connectivity index (χ1n) is 12.0. The van der Waals surface area contributed by atoms with Crippen LogP contribution < -0.4 is 4.72 Å². The number of nitrogens with one attached hydrogen (secondary N) is 1. The van der Waals surface area contributed by atoms with Crippen LogP contribution in [-0.2, 0) is 26.4 Å². The first kappa shape index (κ1) is 27.2. The second-order valence-corrected chi connectivity index (χ2v) is 13.4. The number of hydrogen-bond acceptors (Lipinski definition) is 8. The van der Waals surface area contributed by atoms with E-state index >= 15 is 0 Å². The molecule has 206 valence electrons. The Bertz CT molecular complexity index is 1340. The molecule has 3 aliphatic rings. The summed E-state index contributed by atoms with van der Waals surface area (Å²) < 4.78 is 71.5. The molecule has 5 rings (SSSR count). The zero-order valence-corrected chi connectivity index (χ0v) is 22.1. The van der Waals surface area contributed by atoms with Gasteiger partial charge in [0.2, 0.25) is 15.8 Å². The molecule has 1 aliphatic carbocycles. The Kier molecular flexibility index (Phi) is 6.91. The van der Waals surface area contributed by atoms with Crippen molar-refractivity contribution in [2.45, 2.75) is 34.6 Å². The number of aromatic nitrogens is 1. The van der Waals surface area contributed by atoms with Crippen molar-refractivity contribution in [1.82, 2.24) is 19.7 Å². The lowest BCUT2D eigenvalue weighted by Crippen LogP contribution is -2.55. The van der Waals surface area contributed by atoms with Crippen LogP contribution in [-0.4, -0.2) is 84.3 Å². The third kappa shape index (κ3) is 4.88. The van der Waals surface area contributed by atoms with Crippen LogP contribution in [0.3, 0.4) is 0 Å². The van der Waals surface area contributed by atoms with Crippen molar-refractivity contribution in [2.75, 3.05) is 39.8 Å². The number of aliphatic carboxylic acids is 1. The fraction of sp³-hybridized carbons (Fsp3) is 0.500. The normalized spacial score (nSPS) is 28.8. The third-order valence-electron chi connectivity index (χ3n) is 7.50. The van der Waals surface area contributed by atoms with Crippen LogP contribution in [0.15, 0.2) is 47.0 Å². The number of likely N-dealkylation sites (N-methyl/N-ethyl adjacent to an activating group) is 1. The summed E-state index contributed by atoms with van der Waals surface area (Å²) in [6, 6.07) is 9.78. The van der Waals surface area contributed by atoms with Gasteiger partial charge in [-0.2, -0.15) is 17.9 Å². The monoisotopic (exact) mass is 572 g/mol. The molecule has 1 aromatic heterocycles. The first-order valence-corrected chi connectivity index (χ1v) is 14.4. The van der Waals surface area contributed by atoms with E-state index in [0.717, 1.165) is 49.6 Å². The molecule has 14 heteroatoms. The fourth-order valence-electron chi connectivity index (χ4n) is 5.27. The smallest absolute Gasteiger partial charge is 0.452 e. The molecule has 2 aliphatic heterocycles. The molecule has 0 spiro atoms. The molecule has 2 aromatic rings. The van der Waals surface area contributed by atoms with E-state index in [0.29, 0.717) is 6.54 Å². The van der Waals surface area contributed by atoms with Gasteiger partial charge in [-0.3, -0.25) is 9.69 Å². The number of halogens is 3. The minimum Gasteiger partial charge on any atom is -0.480 e. The summed E-state index contributed by atoms with van der Waals surface area (Å²) >= 11 is 0.819. The zero-order valence-electron chi connectivity index (χ0n) is 20.4. The van der Waals surface area contributed by atoms with Gasteiger partial charge in [-0.25, -0.2) is 8.42 Å². The predicted octanol–water partition coefficient (Wildman–Crippen LogP) is 2.83. The molecule has 1 saturated carbocycles. The number of piperazine rings is 1. The van der Waals surface area contributed by atoms with Crippen LogP contribution in [0.4, 0.5) is 13.2 Å². The number of carboxylic acid groups (broad SMARTS) is 1. The van der Waals surface area contributed by atoms with Crippen LogP contribution in [0.25, 0.3) is 4.91 Å². The molecule has 1 saturated heterocycles. The average molecular weight is 573 g/mol. The molecule has 2 N–H and O–H groups in total. The van der Waals surface area contributed by atoms with E-state index in [2.05, 4.69) is 24.2 Å². The Balaban J connectivity index is 1.38. The number of rotatable bonds is 8. The lowest BCUT2D eigenvalue weighted by Gasteiger charge is -2.36. The van der Waals surface area contributed by atoms with E-state index in [1.165, 1.54) is 6.08 Å². The SMILES string of the molecule is CN1CCN(CC2(c3ccccc3)CC2(NS(=O)(=O)C2CC=C(c3cc(C(F)(F)F)on3)S2)C(=O)O)CC1. The minimum absolute atomic E-state index is 0.0178. The lowest BCUT2D eigenvalue weighted by molar-refractivity contribution is -0.155. The van der Waals surface area contributed by atoms with Gasteiger partial charge in [0, 0.05) is 49.1 Å². The van der Waals surface area contributed by atoms with Gasteiger partial charge in [0.1, 0.15) is 15.8 Å². The Hall–Kier alpha value is -2.39. The number of nitrogens with zero attached hydrogens (tertiary/aromatic N) is 3. The molecule has 38 heavy (non-hydrogen) atoms. The summed E-state index contributed by atoms with van der Waals surface area (Å²) in [5.41, 5.74) is -2.11. The molecule has 3 atom stereocenters. The Morgan fingerprint density at radius 3 is 2.53 bits per heavy atom. The van der Waals surface area contributed by atoms with Crippen molar-refractivity contribution in [3.05, 3.63) is 59.5 Å². The fourth-order valence-corrected chi connectivity index (χ4v) is 8.44. The van der Waals surface area contributed by atoms with Gasteiger partial charge in [-0.15, -0.1) is 11.8 Å². The lowest BCUT2D eigenvalue weighted by atomic mass is 9.89. The maximum atomic E-state index is 13.5. The third-order valence-corrected chi connectivity index (χ3v) is 11.1. The number of sulfonamides is 1. The van der Waals surface area contributed by atoms with Crippen molar-refractivity contribution in [1.29, 1.82) is 0 Å². The zero-order chi connectivity index (χ0) is 27.3. The van der Waals surface area contributed by atoms with Gasteiger partial charge < -0.3 is 14.5 Å². The highest BCUT2D eigenvalue weighted by atomic mass is 32.3. The van der Waals surface area contributed by atoms with Crippen molar-refractivity contribution >= 4 is 32.7 Å².